The topological polar surface area (TPSA) is 47.6 Å². The van der Waals surface area contributed by atoms with E-state index in [9.17, 15) is 4.79 Å². The molecule has 3 rings (SSSR count). The summed E-state index contributed by atoms with van der Waals surface area (Å²) in [5.41, 5.74) is 2.60. The number of nitrogens with one attached hydrogen (secondary N) is 1. The zero-order valence-corrected chi connectivity index (χ0v) is 17.4. The molecule has 1 unspecified atom stereocenters. The highest BCUT2D eigenvalue weighted by atomic mass is 79.9. The van der Waals surface area contributed by atoms with Crippen LogP contribution in [0.2, 0.25) is 0 Å². The Hall–Kier alpha value is -2.79. The lowest BCUT2D eigenvalue weighted by molar-refractivity contribution is 0.0976. The van der Waals surface area contributed by atoms with Crippen LogP contribution in [-0.4, -0.2) is 20.0 Å². The van der Waals surface area contributed by atoms with Crippen LogP contribution >= 0.6 is 15.9 Å². The summed E-state index contributed by atoms with van der Waals surface area (Å²) in [4.78, 5) is 13.0. The Morgan fingerprint density at radius 3 is 2.25 bits per heavy atom. The van der Waals surface area contributed by atoms with Crippen LogP contribution in [0.4, 0.5) is 5.69 Å². The number of hydrogen-bond acceptors (Lipinski definition) is 4. The minimum absolute atomic E-state index is 0.0253. The van der Waals surface area contributed by atoms with Gasteiger partial charge in [0.2, 0.25) is 0 Å². The molecule has 0 saturated heterocycles. The smallest absolute Gasteiger partial charge is 0.165 e. The van der Waals surface area contributed by atoms with Gasteiger partial charge in [-0.25, -0.2) is 0 Å². The number of carbonyl (C=O) groups excluding carboxylic acids is 1. The first-order chi connectivity index (χ1) is 13.6. The number of ketones is 1. The molecule has 0 aliphatic heterocycles. The van der Waals surface area contributed by atoms with Crippen LogP contribution in [0.25, 0.3) is 0 Å². The van der Waals surface area contributed by atoms with E-state index in [0.717, 1.165) is 15.7 Å². The third kappa shape index (κ3) is 4.93. The summed E-state index contributed by atoms with van der Waals surface area (Å²) >= 11 is 3.47. The van der Waals surface area contributed by atoms with Crippen LogP contribution in [0.15, 0.2) is 77.3 Å². The molecule has 0 saturated carbocycles. The van der Waals surface area contributed by atoms with Gasteiger partial charge in [-0.3, -0.25) is 4.79 Å². The summed E-state index contributed by atoms with van der Waals surface area (Å²) < 4.78 is 11.6. The van der Waals surface area contributed by atoms with Crippen molar-refractivity contribution in [3.05, 3.63) is 88.4 Å². The van der Waals surface area contributed by atoms with Gasteiger partial charge in [0.25, 0.3) is 0 Å². The number of benzene rings is 3. The predicted molar refractivity (Wildman–Crippen MR) is 115 cm³/mol. The molecule has 0 aliphatic rings. The Kier molecular flexibility index (Phi) is 6.71. The van der Waals surface area contributed by atoms with Crippen LogP contribution in [0.5, 0.6) is 11.5 Å². The number of para-hydroxylation sites is 1. The molecule has 5 heteroatoms. The molecule has 0 aliphatic carbocycles. The van der Waals surface area contributed by atoms with Crippen molar-refractivity contribution in [2.24, 2.45) is 0 Å². The van der Waals surface area contributed by atoms with E-state index in [-0.39, 0.29) is 11.8 Å². The number of anilines is 1. The van der Waals surface area contributed by atoms with Gasteiger partial charge in [-0.2, -0.15) is 0 Å². The van der Waals surface area contributed by atoms with Crippen molar-refractivity contribution in [2.45, 2.75) is 12.5 Å². The van der Waals surface area contributed by atoms with Crippen molar-refractivity contribution in [3.63, 3.8) is 0 Å². The maximum Gasteiger partial charge on any atom is 0.165 e. The monoisotopic (exact) mass is 439 g/mol. The number of Topliss-reactive ketones (excluding diaryl/α,β-unsaturated/α-hetero) is 1. The SMILES string of the molecule is COc1ccc(C(=O)CC(Nc2ccccc2)c2ccc(Br)cc2)cc1OC. The second kappa shape index (κ2) is 9.42. The third-order valence-corrected chi connectivity index (χ3v) is 5.01. The zero-order valence-electron chi connectivity index (χ0n) is 15.8. The number of carbonyl (C=O) groups is 1. The average molecular weight is 440 g/mol. The summed E-state index contributed by atoms with van der Waals surface area (Å²) in [5, 5.41) is 3.47. The van der Waals surface area contributed by atoms with E-state index in [1.807, 2.05) is 54.6 Å². The van der Waals surface area contributed by atoms with Crippen molar-refractivity contribution in [1.29, 1.82) is 0 Å². The Balaban J connectivity index is 1.86. The van der Waals surface area contributed by atoms with Crippen LogP contribution in [0, 0.1) is 0 Å². The van der Waals surface area contributed by atoms with Gasteiger partial charge in [0.05, 0.1) is 20.3 Å². The molecule has 144 valence electrons. The third-order valence-electron chi connectivity index (χ3n) is 4.48. The highest BCUT2D eigenvalue weighted by molar-refractivity contribution is 9.10. The molecule has 0 bridgehead atoms. The highest BCUT2D eigenvalue weighted by Crippen LogP contribution is 2.30. The van der Waals surface area contributed by atoms with Crippen molar-refractivity contribution < 1.29 is 14.3 Å². The minimum Gasteiger partial charge on any atom is -0.493 e. The van der Waals surface area contributed by atoms with Crippen LogP contribution in [0.1, 0.15) is 28.4 Å². The van der Waals surface area contributed by atoms with Crippen LogP contribution < -0.4 is 14.8 Å². The highest BCUT2D eigenvalue weighted by Gasteiger charge is 2.19. The molecule has 0 radical (unpaired) electrons. The van der Waals surface area contributed by atoms with Gasteiger partial charge in [-0.1, -0.05) is 46.3 Å². The lowest BCUT2D eigenvalue weighted by Gasteiger charge is -2.20. The molecule has 0 fully saturated rings. The van der Waals surface area contributed by atoms with Crippen LogP contribution in [-0.2, 0) is 0 Å². The van der Waals surface area contributed by atoms with Crippen LogP contribution in [0.3, 0.4) is 0 Å². The normalized spacial score (nSPS) is 11.5. The van der Waals surface area contributed by atoms with E-state index < -0.39 is 0 Å². The zero-order chi connectivity index (χ0) is 19.9. The quantitative estimate of drug-likeness (QED) is 0.444. The second-order valence-electron chi connectivity index (χ2n) is 6.31. The van der Waals surface area contributed by atoms with Gasteiger partial charge in [-0.15, -0.1) is 0 Å². The molecule has 4 nitrogen and oxygen atoms in total. The average Bonchev–Trinajstić information content (AvgIpc) is 2.74. The van der Waals surface area contributed by atoms with E-state index in [4.69, 9.17) is 9.47 Å². The van der Waals surface area contributed by atoms with E-state index in [1.54, 1.807) is 32.4 Å². The molecular formula is C23H22BrNO3. The Labute approximate surface area is 173 Å². The number of rotatable bonds is 8. The van der Waals surface area contributed by atoms with Gasteiger partial charge in [0.1, 0.15) is 0 Å². The number of halogens is 1. The molecule has 3 aromatic rings. The maximum atomic E-state index is 13.0. The molecule has 0 amide bonds. The summed E-state index contributed by atoms with van der Waals surface area (Å²) in [6, 6.07) is 23.0. The Morgan fingerprint density at radius 2 is 1.61 bits per heavy atom. The fourth-order valence-electron chi connectivity index (χ4n) is 3.00. The van der Waals surface area contributed by atoms with Crippen molar-refractivity contribution in [1.82, 2.24) is 0 Å². The number of methoxy groups -OCH3 is 2. The van der Waals surface area contributed by atoms with Gasteiger partial charge >= 0.3 is 0 Å². The summed E-state index contributed by atoms with van der Waals surface area (Å²) in [6.07, 6.45) is 0.312. The standard InChI is InChI=1S/C23H22BrNO3/c1-27-22-13-10-17(14-23(22)28-2)21(26)15-20(16-8-11-18(24)12-9-16)25-19-6-4-3-5-7-19/h3-14,20,25H,15H2,1-2H3. The predicted octanol–water partition coefficient (Wildman–Crippen LogP) is 5.89. The second-order valence-corrected chi connectivity index (χ2v) is 7.23. The molecule has 0 heterocycles. The molecular weight excluding hydrogens is 418 g/mol. The molecule has 1 N–H and O–H groups in total. The Morgan fingerprint density at radius 1 is 0.929 bits per heavy atom. The van der Waals surface area contributed by atoms with E-state index >= 15 is 0 Å². The van der Waals surface area contributed by atoms with Gasteiger partial charge in [0, 0.05) is 22.1 Å². The van der Waals surface area contributed by atoms with E-state index in [0.29, 0.717) is 23.5 Å². The minimum atomic E-state index is -0.156. The molecule has 0 spiro atoms. The van der Waals surface area contributed by atoms with Crippen molar-refractivity contribution in [3.8, 4) is 11.5 Å². The lowest BCUT2D eigenvalue weighted by Crippen LogP contribution is -2.16. The van der Waals surface area contributed by atoms with Crippen molar-refractivity contribution >= 4 is 27.4 Å². The van der Waals surface area contributed by atoms with Crippen molar-refractivity contribution in [2.75, 3.05) is 19.5 Å². The van der Waals surface area contributed by atoms with E-state index in [1.165, 1.54) is 0 Å². The van der Waals surface area contributed by atoms with E-state index in [2.05, 4.69) is 21.2 Å². The fraction of sp³-hybridized carbons (Fsp3) is 0.174. The van der Waals surface area contributed by atoms with Gasteiger partial charge in [-0.05, 0) is 48.0 Å². The maximum absolute atomic E-state index is 13.0. The first-order valence-corrected chi connectivity index (χ1v) is 9.72. The molecule has 1 atom stereocenters. The molecule has 3 aromatic carbocycles. The first kappa shape index (κ1) is 20.0. The summed E-state index contributed by atoms with van der Waals surface area (Å²) in [5.74, 6) is 1.17. The Bertz CT molecular complexity index is 926. The number of hydrogen-bond donors (Lipinski definition) is 1. The fourth-order valence-corrected chi connectivity index (χ4v) is 3.26. The molecule has 28 heavy (non-hydrogen) atoms. The summed E-state index contributed by atoms with van der Waals surface area (Å²) in [7, 11) is 3.14. The number of ether oxygens (including phenoxy) is 2. The summed E-state index contributed by atoms with van der Waals surface area (Å²) in [6.45, 7) is 0. The van der Waals surface area contributed by atoms with Gasteiger partial charge in [0.15, 0.2) is 17.3 Å². The first-order valence-electron chi connectivity index (χ1n) is 8.93. The lowest BCUT2D eigenvalue weighted by atomic mass is 9.97. The largest absolute Gasteiger partial charge is 0.493 e. The molecule has 0 aromatic heterocycles. The van der Waals surface area contributed by atoms with Gasteiger partial charge < -0.3 is 14.8 Å².